The van der Waals surface area contributed by atoms with Gasteiger partial charge in [-0.05, 0) is 19.3 Å². The molecular weight excluding hydrogens is 322 g/mol. The molecule has 1 fully saturated rings. The number of ether oxygens (including phenoxy) is 2. The smallest absolute Gasteiger partial charge is 0.211 e. The number of hydrogen-bond acceptors (Lipinski definition) is 7. The van der Waals surface area contributed by atoms with Crippen LogP contribution in [0.2, 0.25) is 5.15 Å². The van der Waals surface area contributed by atoms with E-state index in [4.69, 9.17) is 25.9 Å². The fourth-order valence-electron chi connectivity index (χ4n) is 2.71. The van der Waals surface area contributed by atoms with Crippen LogP contribution in [0.1, 0.15) is 31.9 Å². The molecule has 0 spiro atoms. The average Bonchev–Trinajstić information content (AvgIpc) is 3.21. The van der Waals surface area contributed by atoms with Crippen molar-refractivity contribution in [2.75, 3.05) is 13.2 Å². The lowest BCUT2D eigenvalue weighted by atomic mass is 10.2. The Hall–Kier alpha value is -1.77. The second-order valence-electron chi connectivity index (χ2n) is 5.52. The van der Waals surface area contributed by atoms with Gasteiger partial charge in [-0.3, -0.25) is 4.57 Å². The Morgan fingerprint density at radius 1 is 1.30 bits per heavy atom. The summed E-state index contributed by atoms with van der Waals surface area (Å²) in [6, 6.07) is 0. The molecule has 0 N–H and O–H groups in total. The number of oxime groups is 1. The van der Waals surface area contributed by atoms with Gasteiger partial charge in [-0.1, -0.05) is 16.8 Å². The number of imidazole rings is 1. The molecule has 2 aromatic heterocycles. The molecule has 0 amide bonds. The Bertz CT molecular complexity index is 728. The van der Waals surface area contributed by atoms with Gasteiger partial charge in [0.15, 0.2) is 17.1 Å². The molecule has 2 unspecified atom stereocenters. The summed E-state index contributed by atoms with van der Waals surface area (Å²) in [6.45, 7) is 1.17. The van der Waals surface area contributed by atoms with Crippen molar-refractivity contribution in [1.29, 1.82) is 0 Å². The Labute approximate surface area is 137 Å². The summed E-state index contributed by atoms with van der Waals surface area (Å²) in [6.07, 6.45) is 6.39. The lowest BCUT2D eigenvalue weighted by Crippen LogP contribution is -2.25. The maximum atomic E-state index is 6.01. The predicted molar refractivity (Wildman–Crippen MR) is 82.1 cm³/mol. The largest absolute Gasteiger partial charge is 0.370 e. The zero-order chi connectivity index (χ0) is 15.6. The molecule has 23 heavy (non-hydrogen) atoms. The van der Waals surface area contributed by atoms with Crippen LogP contribution in [0.3, 0.4) is 0 Å². The van der Waals surface area contributed by atoms with E-state index in [2.05, 4.69) is 20.1 Å². The average molecular weight is 338 g/mol. The summed E-state index contributed by atoms with van der Waals surface area (Å²) < 4.78 is 13.1. The molecular formula is C14H16ClN5O3. The van der Waals surface area contributed by atoms with E-state index in [-0.39, 0.29) is 12.5 Å². The zero-order valence-electron chi connectivity index (χ0n) is 12.4. The SMILES string of the molecule is Clc1ncnc2c1ncn2C1CC(COC2CCCCO2)=NO1. The van der Waals surface area contributed by atoms with Crippen molar-refractivity contribution in [2.24, 2.45) is 5.16 Å². The van der Waals surface area contributed by atoms with E-state index in [0.717, 1.165) is 31.6 Å². The van der Waals surface area contributed by atoms with E-state index < -0.39 is 0 Å². The zero-order valence-corrected chi connectivity index (χ0v) is 13.1. The Morgan fingerprint density at radius 3 is 3.13 bits per heavy atom. The topological polar surface area (TPSA) is 83.7 Å². The summed E-state index contributed by atoms with van der Waals surface area (Å²) in [4.78, 5) is 17.8. The van der Waals surface area contributed by atoms with Crippen molar-refractivity contribution in [3.05, 3.63) is 17.8 Å². The third-order valence-corrected chi connectivity index (χ3v) is 4.19. The molecule has 1 saturated heterocycles. The standard InChI is InChI=1S/C14H16ClN5O3/c15-13-12-14(17-7-16-13)20(8-18-12)10-5-9(19-23-10)6-22-11-3-1-2-4-21-11/h7-8,10-11H,1-6H2. The van der Waals surface area contributed by atoms with Gasteiger partial charge in [0, 0.05) is 6.61 Å². The van der Waals surface area contributed by atoms with Crippen molar-refractivity contribution in [1.82, 2.24) is 19.5 Å². The van der Waals surface area contributed by atoms with E-state index >= 15 is 0 Å². The van der Waals surface area contributed by atoms with Crippen LogP contribution in [0, 0.1) is 0 Å². The number of nitrogens with zero attached hydrogens (tertiary/aromatic N) is 5. The highest BCUT2D eigenvalue weighted by atomic mass is 35.5. The van der Waals surface area contributed by atoms with Gasteiger partial charge in [0.25, 0.3) is 0 Å². The van der Waals surface area contributed by atoms with Gasteiger partial charge >= 0.3 is 0 Å². The molecule has 122 valence electrons. The van der Waals surface area contributed by atoms with Gasteiger partial charge in [0.2, 0.25) is 6.23 Å². The van der Waals surface area contributed by atoms with Crippen LogP contribution < -0.4 is 0 Å². The summed E-state index contributed by atoms with van der Waals surface area (Å²) in [5, 5.41) is 4.42. The molecule has 0 aromatic carbocycles. The van der Waals surface area contributed by atoms with Gasteiger partial charge in [-0.25, -0.2) is 15.0 Å². The molecule has 8 nitrogen and oxygen atoms in total. The first-order chi connectivity index (χ1) is 11.3. The number of hydrogen-bond donors (Lipinski definition) is 0. The molecule has 0 saturated carbocycles. The highest BCUT2D eigenvalue weighted by Gasteiger charge is 2.26. The lowest BCUT2D eigenvalue weighted by molar-refractivity contribution is -0.153. The van der Waals surface area contributed by atoms with Crippen LogP contribution in [0.5, 0.6) is 0 Å². The first-order valence-electron chi connectivity index (χ1n) is 7.59. The number of aromatic nitrogens is 4. The molecule has 0 aliphatic carbocycles. The number of fused-ring (bicyclic) bond motifs is 1. The van der Waals surface area contributed by atoms with Crippen molar-refractivity contribution in [3.63, 3.8) is 0 Å². The highest BCUT2D eigenvalue weighted by Crippen LogP contribution is 2.27. The van der Waals surface area contributed by atoms with E-state index in [1.54, 1.807) is 10.9 Å². The monoisotopic (exact) mass is 337 g/mol. The quantitative estimate of drug-likeness (QED) is 0.796. The third-order valence-electron chi connectivity index (χ3n) is 3.91. The predicted octanol–water partition coefficient (Wildman–Crippen LogP) is 2.30. The van der Waals surface area contributed by atoms with Gasteiger partial charge in [0.05, 0.1) is 18.7 Å². The fraction of sp³-hybridized carbons (Fsp3) is 0.571. The van der Waals surface area contributed by atoms with Gasteiger partial charge < -0.3 is 14.3 Å². The van der Waals surface area contributed by atoms with Crippen molar-refractivity contribution < 1.29 is 14.3 Å². The van der Waals surface area contributed by atoms with Crippen LogP contribution in [-0.2, 0) is 14.3 Å². The van der Waals surface area contributed by atoms with Crippen LogP contribution in [0.4, 0.5) is 0 Å². The third kappa shape index (κ3) is 3.01. The van der Waals surface area contributed by atoms with Crippen LogP contribution in [0.15, 0.2) is 17.8 Å². The molecule has 9 heteroatoms. The molecule has 0 radical (unpaired) electrons. The second kappa shape index (κ2) is 6.38. The van der Waals surface area contributed by atoms with Crippen molar-refractivity contribution in [3.8, 4) is 0 Å². The van der Waals surface area contributed by atoms with Gasteiger partial charge in [-0.2, -0.15) is 0 Å². The second-order valence-corrected chi connectivity index (χ2v) is 5.88. The van der Waals surface area contributed by atoms with Crippen molar-refractivity contribution in [2.45, 2.75) is 38.2 Å². The molecule has 4 heterocycles. The van der Waals surface area contributed by atoms with Gasteiger partial charge in [0.1, 0.15) is 18.2 Å². The Morgan fingerprint density at radius 2 is 2.26 bits per heavy atom. The number of rotatable bonds is 4. The fourth-order valence-corrected chi connectivity index (χ4v) is 2.89. The van der Waals surface area contributed by atoms with E-state index in [0.29, 0.717) is 29.3 Å². The summed E-state index contributed by atoms with van der Waals surface area (Å²) in [5.74, 6) is 0. The van der Waals surface area contributed by atoms with E-state index in [1.807, 2.05) is 0 Å². The van der Waals surface area contributed by atoms with Crippen LogP contribution in [0.25, 0.3) is 11.2 Å². The molecule has 2 atom stereocenters. The molecule has 2 aliphatic rings. The first kappa shape index (κ1) is 14.8. The van der Waals surface area contributed by atoms with E-state index in [9.17, 15) is 0 Å². The summed E-state index contributed by atoms with van der Waals surface area (Å²) in [5.41, 5.74) is 2.02. The maximum absolute atomic E-state index is 6.01. The Balaban J connectivity index is 1.39. The molecule has 0 bridgehead atoms. The van der Waals surface area contributed by atoms with Crippen molar-refractivity contribution >= 4 is 28.5 Å². The minimum atomic E-state index is -0.295. The lowest BCUT2D eigenvalue weighted by Gasteiger charge is -2.22. The van der Waals surface area contributed by atoms with Crippen LogP contribution in [-0.4, -0.2) is 44.7 Å². The normalized spacial score (nSPS) is 24.7. The molecule has 4 rings (SSSR count). The summed E-state index contributed by atoms with van der Waals surface area (Å²) in [7, 11) is 0. The van der Waals surface area contributed by atoms with Crippen LogP contribution >= 0.6 is 11.6 Å². The first-order valence-corrected chi connectivity index (χ1v) is 7.97. The van der Waals surface area contributed by atoms with E-state index in [1.165, 1.54) is 6.33 Å². The minimum Gasteiger partial charge on any atom is -0.370 e. The maximum Gasteiger partial charge on any atom is 0.211 e. The Kier molecular flexibility index (Phi) is 4.11. The number of halogens is 1. The molecule has 2 aromatic rings. The molecule has 2 aliphatic heterocycles. The minimum absolute atomic E-state index is 0.133. The highest BCUT2D eigenvalue weighted by molar-refractivity contribution is 6.33. The van der Waals surface area contributed by atoms with Gasteiger partial charge in [-0.15, -0.1) is 0 Å². The summed E-state index contributed by atoms with van der Waals surface area (Å²) >= 11 is 6.01.